The SMILES string of the molecule is Nc1ccc(SCCCO)nc1. The normalized spacial score (nSPS) is 10.1. The number of nitrogens with two attached hydrogens (primary N) is 1. The first-order chi connectivity index (χ1) is 5.83. The highest BCUT2D eigenvalue weighted by Crippen LogP contribution is 2.16. The van der Waals surface area contributed by atoms with E-state index in [1.165, 1.54) is 0 Å². The van der Waals surface area contributed by atoms with Gasteiger partial charge in [-0.2, -0.15) is 0 Å². The average Bonchev–Trinajstić information content (AvgIpc) is 2.09. The summed E-state index contributed by atoms with van der Waals surface area (Å²) in [7, 11) is 0. The van der Waals surface area contributed by atoms with Crippen molar-refractivity contribution in [1.29, 1.82) is 0 Å². The van der Waals surface area contributed by atoms with Crippen LogP contribution in [0.3, 0.4) is 0 Å². The zero-order chi connectivity index (χ0) is 8.81. The topological polar surface area (TPSA) is 59.1 Å². The molecule has 0 saturated heterocycles. The van der Waals surface area contributed by atoms with Gasteiger partial charge in [-0.1, -0.05) is 0 Å². The van der Waals surface area contributed by atoms with Crippen molar-refractivity contribution >= 4 is 17.4 Å². The van der Waals surface area contributed by atoms with Gasteiger partial charge in [0.25, 0.3) is 0 Å². The lowest BCUT2D eigenvalue weighted by Crippen LogP contribution is -1.89. The monoisotopic (exact) mass is 184 g/mol. The predicted octanol–water partition coefficient (Wildman–Crippen LogP) is 1.14. The van der Waals surface area contributed by atoms with E-state index in [0.717, 1.165) is 17.2 Å². The van der Waals surface area contributed by atoms with Crippen molar-refractivity contribution in [3.63, 3.8) is 0 Å². The summed E-state index contributed by atoms with van der Waals surface area (Å²) in [6.45, 7) is 0.238. The average molecular weight is 184 g/mol. The molecule has 0 spiro atoms. The molecule has 1 heterocycles. The number of aliphatic hydroxyl groups is 1. The fourth-order valence-electron chi connectivity index (χ4n) is 0.718. The fraction of sp³-hybridized carbons (Fsp3) is 0.375. The standard InChI is InChI=1S/C8H12N2OS/c9-7-2-3-8(10-6-7)12-5-1-4-11/h2-3,6,11H,1,4-5,9H2. The molecule has 1 rings (SSSR count). The Hall–Kier alpha value is -0.740. The number of nitrogens with zero attached hydrogens (tertiary/aromatic N) is 1. The lowest BCUT2D eigenvalue weighted by atomic mass is 10.4. The van der Waals surface area contributed by atoms with E-state index in [2.05, 4.69) is 4.98 Å². The van der Waals surface area contributed by atoms with Crippen LogP contribution in [0.15, 0.2) is 23.4 Å². The van der Waals surface area contributed by atoms with Crippen molar-refractivity contribution in [3.8, 4) is 0 Å². The molecule has 0 unspecified atom stereocenters. The molecule has 0 radical (unpaired) electrons. The van der Waals surface area contributed by atoms with E-state index >= 15 is 0 Å². The molecule has 3 nitrogen and oxygen atoms in total. The molecule has 0 amide bonds. The van der Waals surface area contributed by atoms with Gasteiger partial charge < -0.3 is 10.8 Å². The second kappa shape index (κ2) is 5.00. The Morgan fingerprint density at radius 1 is 1.50 bits per heavy atom. The minimum atomic E-state index is 0.238. The molecule has 0 saturated carbocycles. The molecule has 0 aliphatic carbocycles. The van der Waals surface area contributed by atoms with Crippen LogP contribution < -0.4 is 5.73 Å². The summed E-state index contributed by atoms with van der Waals surface area (Å²) in [5.74, 6) is 0.896. The molecule has 0 aliphatic heterocycles. The summed E-state index contributed by atoms with van der Waals surface area (Å²) in [5.41, 5.74) is 6.15. The number of anilines is 1. The van der Waals surface area contributed by atoms with E-state index in [0.29, 0.717) is 5.69 Å². The molecule has 4 heteroatoms. The molecular weight excluding hydrogens is 172 g/mol. The molecule has 0 atom stereocenters. The van der Waals surface area contributed by atoms with Gasteiger partial charge in [0.05, 0.1) is 16.9 Å². The summed E-state index contributed by atoms with van der Waals surface area (Å²) in [4.78, 5) is 4.11. The summed E-state index contributed by atoms with van der Waals surface area (Å²) in [5, 5.41) is 9.49. The Bertz CT molecular complexity index is 225. The molecule has 0 aliphatic rings. The van der Waals surface area contributed by atoms with Crippen molar-refractivity contribution < 1.29 is 5.11 Å². The molecule has 3 N–H and O–H groups in total. The maximum atomic E-state index is 8.53. The maximum absolute atomic E-state index is 8.53. The van der Waals surface area contributed by atoms with Crippen LogP contribution >= 0.6 is 11.8 Å². The van der Waals surface area contributed by atoms with Crippen molar-refractivity contribution in [3.05, 3.63) is 18.3 Å². The van der Waals surface area contributed by atoms with Crippen LogP contribution in [0.2, 0.25) is 0 Å². The third-order valence-corrected chi connectivity index (χ3v) is 2.34. The Morgan fingerprint density at radius 3 is 2.92 bits per heavy atom. The van der Waals surface area contributed by atoms with E-state index in [-0.39, 0.29) is 6.61 Å². The van der Waals surface area contributed by atoms with E-state index in [1.807, 2.05) is 12.1 Å². The number of hydrogen-bond donors (Lipinski definition) is 2. The minimum absolute atomic E-state index is 0.238. The van der Waals surface area contributed by atoms with Crippen molar-refractivity contribution in [2.45, 2.75) is 11.4 Å². The molecule has 0 fully saturated rings. The first-order valence-corrected chi connectivity index (χ1v) is 4.76. The van der Waals surface area contributed by atoms with E-state index in [1.54, 1.807) is 18.0 Å². The predicted molar refractivity (Wildman–Crippen MR) is 51.1 cm³/mol. The molecule has 0 bridgehead atoms. The highest BCUT2D eigenvalue weighted by molar-refractivity contribution is 7.99. The first kappa shape index (κ1) is 9.35. The molecule has 0 aromatic carbocycles. The van der Waals surface area contributed by atoms with Gasteiger partial charge in [-0.15, -0.1) is 11.8 Å². The van der Waals surface area contributed by atoms with Gasteiger partial charge in [-0.25, -0.2) is 4.98 Å². The van der Waals surface area contributed by atoms with Crippen LogP contribution in [0.1, 0.15) is 6.42 Å². The number of rotatable bonds is 4. The quantitative estimate of drug-likeness (QED) is 0.544. The van der Waals surface area contributed by atoms with Gasteiger partial charge in [-0.05, 0) is 18.6 Å². The number of pyridine rings is 1. The van der Waals surface area contributed by atoms with Gasteiger partial charge in [-0.3, -0.25) is 0 Å². The largest absolute Gasteiger partial charge is 0.397 e. The van der Waals surface area contributed by atoms with Crippen molar-refractivity contribution in [2.24, 2.45) is 0 Å². The van der Waals surface area contributed by atoms with Crippen LogP contribution in [-0.2, 0) is 0 Å². The lowest BCUT2D eigenvalue weighted by molar-refractivity contribution is 0.296. The smallest absolute Gasteiger partial charge is 0.0961 e. The second-order valence-electron chi connectivity index (χ2n) is 2.36. The molecule has 12 heavy (non-hydrogen) atoms. The van der Waals surface area contributed by atoms with E-state index in [4.69, 9.17) is 10.8 Å². The summed E-state index contributed by atoms with van der Waals surface area (Å²) >= 11 is 1.63. The van der Waals surface area contributed by atoms with Crippen LogP contribution in [0.4, 0.5) is 5.69 Å². The summed E-state index contributed by atoms with van der Waals surface area (Å²) in [6, 6.07) is 3.71. The van der Waals surface area contributed by atoms with Crippen molar-refractivity contribution in [1.82, 2.24) is 4.98 Å². The van der Waals surface area contributed by atoms with Crippen molar-refractivity contribution in [2.75, 3.05) is 18.1 Å². The number of nitrogen functional groups attached to an aromatic ring is 1. The number of thioether (sulfide) groups is 1. The van der Waals surface area contributed by atoms with Gasteiger partial charge in [0.15, 0.2) is 0 Å². The second-order valence-corrected chi connectivity index (χ2v) is 3.47. The van der Waals surface area contributed by atoms with Gasteiger partial charge in [0.2, 0.25) is 0 Å². The maximum Gasteiger partial charge on any atom is 0.0961 e. The van der Waals surface area contributed by atoms with Crippen LogP contribution in [0.25, 0.3) is 0 Å². The summed E-state index contributed by atoms with van der Waals surface area (Å²) < 4.78 is 0. The van der Waals surface area contributed by atoms with E-state index in [9.17, 15) is 0 Å². The lowest BCUT2D eigenvalue weighted by Gasteiger charge is -1.98. The van der Waals surface area contributed by atoms with Crippen LogP contribution in [0, 0.1) is 0 Å². The Kier molecular flexibility index (Phi) is 3.90. The Labute approximate surface area is 76.0 Å². The third-order valence-electron chi connectivity index (χ3n) is 1.31. The van der Waals surface area contributed by atoms with E-state index < -0.39 is 0 Å². The third kappa shape index (κ3) is 3.11. The number of aromatic nitrogens is 1. The number of hydrogen-bond acceptors (Lipinski definition) is 4. The van der Waals surface area contributed by atoms with Crippen LogP contribution in [-0.4, -0.2) is 22.5 Å². The van der Waals surface area contributed by atoms with Gasteiger partial charge >= 0.3 is 0 Å². The molecular formula is C8H12N2OS. The minimum Gasteiger partial charge on any atom is -0.397 e. The molecule has 1 aromatic heterocycles. The summed E-state index contributed by atoms with van der Waals surface area (Å²) in [6.07, 6.45) is 2.44. The molecule has 1 aromatic rings. The highest BCUT2D eigenvalue weighted by atomic mass is 32.2. The number of aliphatic hydroxyl groups excluding tert-OH is 1. The van der Waals surface area contributed by atoms with Gasteiger partial charge in [0, 0.05) is 12.4 Å². The van der Waals surface area contributed by atoms with Crippen LogP contribution in [0.5, 0.6) is 0 Å². The molecule has 66 valence electrons. The zero-order valence-electron chi connectivity index (χ0n) is 6.73. The first-order valence-electron chi connectivity index (χ1n) is 3.78. The zero-order valence-corrected chi connectivity index (χ0v) is 7.55. The Balaban J connectivity index is 2.37. The van der Waals surface area contributed by atoms with Gasteiger partial charge in [0.1, 0.15) is 0 Å². The highest BCUT2D eigenvalue weighted by Gasteiger charge is 1.93. The fourth-order valence-corrected chi connectivity index (χ4v) is 1.49. The Morgan fingerprint density at radius 2 is 2.33 bits per heavy atom.